The Hall–Kier alpha value is -3.83. The molecule has 1 fully saturated rings. The lowest BCUT2D eigenvalue weighted by Crippen LogP contribution is -2.37. The van der Waals surface area contributed by atoms with Crippen LogP contribution in [0.1, 0.15) is 97.7 Å². The van der Waals surface area contributed by atoms with Crippen molar-refractivity contribution in [1.29, 1.82) is 5.41 Å². The molecule has 0 radical (unpaired) electrons. The van der Waals surface area contributed by atoms with E-state index in [9.17, 15) is 14.4 Å². The zero-order chi connectivity index (χ0) is 33.6. The highest BCUT2D eigenvalue weighted by atomic mass is 35.5. The van der Waals surface area contributed by atoms with E-state index in [-0.39, 0.29) is 54.4 Å². The number of aliphatic carboxylic acids is 1. The number of nitrogens with zero attached hydrogens (tertiary/aromatic N) is 2. The first-order valence-corrected chi connectivity index (χ1v) is 16.2. The van der Waals surface area contributed by atoms with Gasteiger partial charge in [0, 0.05) is 49.8 Å². The average Bonchev–Trinajstić information content (AvgIpc) is 3.32. The number of ketones is 1. The Morgan fingerprint density at radius 1 is 1.11 bits per heavy atom. The topological polar surface area (TPSA) is 141 Å². The maximum Gasteiger partial charge on any atom is 0.303 e. The molecular weight excluding hydrogens is 624 g/mol. The number of hydrogen-bond donors (Lipinski definition) is 3. The summed E-state index contributed by atoms with van der Waals surface area (Å²) in [6, 6.07) is 7.28. The molecule has 2 aromatic rings. The molecule has 3 N–H and O–H groups in total. The van der Waals surface area contributed by atoms with Crippen LogP contribution in [0.3, 0.4) is 0 Å². The summed E-state index contributed by atoms with van der Waals surface area (Å²) >= 11 is 0. The molecule has 2 aliphatic rings. The van der Waals surface area contributed by atoms with Crippen LogP contribution in [-0.2, 0) is 21.5 Å². The Kier molecular flexibility index (Phi) is 13.1. The van der Waals surface area contributed by atoms with Gasteiger partial charge in [-0.25, -0.2) is 0 Å². The summed E-state index contributed by atoms with van der Waals surface area (Å²) < 4.78 is 18.1. The zero-order valence-electron chi connectivity index (χ0n) is 28.4. The van der Waals surface area contributed by atoms with Crippen molar-refractivity contribution in [2.75, 3.05) is 51.4 Å². The summed E-state index contributed by atoms with van der Waals surface area (Å²) in [6.07, 6.45) is 1.76. The number of nitrogens with one attached hydrogen (secondary N) is 2. The van der Waals surface area contributed by atoms with Gasteiger partial charge < -0.3 is 34.4 Å². The van der Waals surface area contributed by atoms with Gasteiger partial charge in [-0.05, 0) is 61.4 Å². The summed E-state index contributed by atoms with van der Waals surface area (Å²) in [5.74, 6) is 0.115. The van der Waals surface area contributed by atoms with E-state index in [2.05, 4.69) is 31.0 Å². The first-order valence-electron chi connectivity index (χ1n) is 16.2. The standard InChI is InChI=1S/C35H48N4O7.ClH/c1-7-24(10-9-11-31(41)42)46-32-27(35(3,4)5)16-22(17-28(32)38-12-14-44-15-13-38)29(40)21-39-20-23-18-30(45-8-2)26(34(43)37-6)19-25(23)33(39)36;/h16-19,24,36H,7-15,20-21H2,1-6H3,(H,37,43)(H,41,42);1H. The summed E-state index contributed by atoms with van der Waals surface area (Å²) in [6.45, 7) is 13.3. The Bertz CT molecular complexity index is 1470. The molecule has 1 amide bonds. The second-order valence-electron chi connectivity index (χ2n) is 12.8. The number of carboxylic acid groups (broad SMARTS) is 1. The SMILES string of the molecule is CCOc1cc2c(cc1C(=O)NC)C(=N)N(CC(=O)c1cc(N3CCOCC3)c(OC(CC)CCCC(=O)O)c(C(C)(C)C)c1)C2.Cl. The molecule has 4 rings (SSSR count). The van der Waals surface area contributed by atoms with E-state index in [0.717, 1.165) is 29.0 Å². The average molecular weight is 673 g/mol. The van der Waals surface area contributed by atoms with Gasteiger partial charge in [0.05, 0.1) is 43.7 Å². The number of carboxylic acids is 1. The lowest BCUT2D eigenvalue weighted by Gasteiger charge is -2.35. The number of Topliss-reactive ketones (excluding diaryl/α,β-unsaturated/α-hetero) is 1. The third-order valence-corrected chi connectivity index (χ3v) is 8.45. The monoisotopic (exact) mass is 672 g/mol. The Labute approximate surface area is 283 Å². The Morgan fingerprint density at radius 2 is 1.81 bits per heavy atom. The number of ether oxygens (including phenoxy) is 3. The van der Waals surface area contributed by atoms with Crippen molar-refractivity contribution < 1.29 is 33.7 Å². The van der Waals surface area contributed by atoms with Gasteiger partial charge in [-0.1, -0.05) is 27.7 Å². The molecule has 0 aliphatic carbocycles. The van der Waals surface area contributed by atoms with Gasteiger partial charge in [-0.15, -0.1) is 12.4 Å². The smallest absolute Gasteiger partial charge is 0.303 e. The van der Waals surface area contributed by atoms with Crippen LogP contribution >= 0.6 is 12.4 Å². The molecule has 2 aliphatic heterocycles. The maximum atomic E-state index is 14.0. The molecule has 12 heteroatoms. The highest BCUT2D eigenvalue weighted by Crippen LogP contribution is 2.42. The van der Waals surface area contributed by atoms with E-state index >= 15 is 0 Å². The predicted octanol–water partition coefficient (Wildman–Crippen LogP) is 5.44. The fraction of sp³-hybridized carbons (Fsp3) is 0.543. The minimum Gasteiger partial charge on any atom is -0.493 e. The summed E-state index contributed by atoms with van der Waals surface area (Å²) in [5.41, 5.74) is 3.68. The fourth-order valence-corrected chi connectivity index (χ4v) is 5.90. The molecule has 1 atom stereocenters. The number of hydrogen-bond acceptors (Lipinski definition) is 8. The Balaban J connectivity index is 0.00000600. The molecule has 2 aromatic carbocycles. The van der Waals surface area contributed by atoms with Crippen LogP contribution in [0.15, 0.2) is 24.3 Å². The van der Waals surface area contributed by atoms with E-state index in [1.54, 1.807) is 24.1 Å². The molecule has 0 spiro atoms. The van der Waals surface area contributed by atoms with Gasteiger partial charge in [0.1, 0.15) is 17.3 Å². The normalized spacial score (nSPS) is 15.1. The van der Waals surface area contributed by atoms with E-state index in [1.807, 2.05) is 26.0 Å². The largest absolute Gasteiger partial charge is 0.493 e. The third-order valence-electron chi connectivity index (χ3n) is 8.45. The summed E-state index contributed by atoms with van der Waals surface area (Å²) in [4.78, 5) is 41.6. The van der Waals surface area contributed by atoms with Crippen molar-refractivity contribution in [3.05, 3.63) is 52.1 Å². The molecule has 1 saturated heterocycles. The number of amides is 1. The van der Waals surface area contributed by atoms with E-state index in [4.69, 9.17) is 24.7 Å². The van der Waals surface area contributed by atoms with Crippen LogP contribution in [0.25, 0.3) is 0 Å². The van der Waals surface area contributed by atoms with Crippen LogP contribution in [-0.4, -0.2) is 86.1 Å². The van der Waals surface area contributed by atoms with Crippen molar-refractivity contribution in [3.8, 4) is 11.5 Å². The van der Waals surface area contributed by atoms with E-state index in [0.29, 0.717) is 74.7 Å². The van der Waals surface area contributed by atoms with Gasteiger partial charge in [0.2, 0.25) is 0 Å². The molecule has 2 heterocycles. The maximum absolute atomic E-state index is 14.0. The van der Waals surface area contributed by atoms with Crippen molar-refractivity contribution >= 4 is 41.6 Å². The summed E-state index contributed by atoms with van der Waals surface area (Å²) in [7, 11) is 1.55. The lowest BCUT2D eigenvalue weighted by atomic mass is 9.84. The lowest BCUT2D eigenvalue weighted by molar-refractivity contribution is -0.137. The summed E-state index contributed by atoms with van der Waals surface area (Å²) in [5, 5.41) is 20.7. The van der Waals surface area contributed by atoms with E-state index < -0.39 is 5.97 Å². The molecule has 0 saturated carbocycles. The molecule has 0 aromatic heterocycles. The zero-order valence-corrected chi connectivity index (χ0v) is 29.2. The predicted molar refractivity (Wildman–Crippen MR) is 184 cm³/mol. The van der Waals surface area contributed by atoms with Gasteiger partial charge in [-0.2, -0.15) is 0 Å². The first-order chi connectivity index (χ1) is 21.9. The fourth-order valence-electron chi connectivity index (χ4n) is 5.90. The molecule has 1 unspecified atom stereocenters. The van der Waals surface area contributed by atoms with Crippen LogP contribution in [0.2, 0.25) is 0 Å². The number of benzene rings is 2. The van der Waals surface area contributed by atoms with Gasteiger partial charge in [-0.3, -0.25) is 19.8 Å². The minimum absolute atomic E-state index is 0. The number of fused-ring (bicyclic) bond motifs is 1. The number of morpholine rings is 1. The van der Waals surface area contributed by atoms with Crippen LogP contribution in [0.4, 0.5) is 5.69 Å². The molecule has 0 bridgehead atoms. The molecule has 47 heavy (non-hydrogen) atoms. The van der Waals surface area contributed by atoms with Gasteiger partial charge >= 0.3 is 5.97 Å². The number of rotatable bonds is 14. The number of amidine groups is 1. The first kappa shape index (κ1) is 37.6. The van der Waals surface area contributed by atoms with Gasteiger partial charge in [0.25, 0.3) is 5.91 Å². The number of carbonyl (C=O) groups is 3. The van der Waals surface area contributed by atoms with Gasteiger partial charge in [0.15, 0.2) is 5.78 Å². The number of carbonyl (C=O) groups excluding carboxylic acids is 2. The van der Waals surface area contributed by atoms with Crippen molar-refractivity contribution in [1.82, 2.24) is 10.2 Å². The highest BCUT2D eigenvalue weighted by Gasteiger charge is 2.32. The Morgan fingerprint density at radius 3 is 2.40 bits per heavy atom. The number of anilines is 1. The number of halogens is 1. The van der Waals surface area contributed by atoms with Crippen LogP contribution in [0, 0.1) is 5.41 Å². The van der Waals surface area contributed by atoms with Crippen molar-refractivity contribution in [2.45, 2.75) is 78.4 Å². The van der Waals surface area contributed by atoms with Crippen LogP contribution in [0.5, 0.6) is 11.5 Å². The molecule has 258 valence electrons. The highest BCUT2D eigenvalue weighted by molar-refractivity contribution is 6.08. The third kappa shape index (κ3) is 8.96. The second-order valence-corrected chi connectivity index (χ2v) is 12.8. The van der Waals surface area contributed by atoms with E-state index in [1.165, 1.54) is 0 Å². The quantitative estimate of drug-likeness (QED) is 0.224. The molecular formula is C35H49ClN4O7. The minimum atomic E-state index is -0.821. The van der Waals surface area contributed by atoms with Crippen molar-refractivity contribution in [3.63, 3.8) is 0 Å². The second kappa shape index (κ2) is 16.3. The van der Waals surface area contributed by atoms with Crippen LogP contribution < -0.4 is 19.7 Å². The van der Waals surface area contributed by atoms with Crippen molar-refractivity contribution in [2.24, 2.45) is 0 Å². The molecule has 11 nitrogen and oxygen atoms in total.